The Hall–Kier alpha value is -1.36. The van der Waals surface area contributed by atoms with Crippen LogP contribution < -0.4 is 10.6 Å². The van der Waals surface area contributed by atoms with E-state index in [1.54, 1.807) is 6.92 Å². The molecule has 17 heavy (non-hydrogen) atoms. The zero-order chi connectivity index (χ0) is 12.3. The second-order valence-electron chi connectivity index (χ2n) is 4.64. The number of hydrogen-bond donors (Lipinski definition) is 2. The topological polar surface area (TPSA) is 67.2 Å². The molecule has 0 radical (unpaired) electrons. The average Bonchev–Trinajstić information content (AvgIpc) is 2.76. The lowest BCUT2D eigenvalue weighted by atomic mass is 9.93. The van der Waals surface area contributed by atoms with Gasteiger partial charge in [-0.3, -0.25) is 4.79 Å². The number of piperidine rings is 1. The Morgan fingerprint density at radius 2 is 2.53 bits per heavy atom. The molecule has 2 heterocycles. The van der Waals surface area contributed by atoms with E-state index in [1.165, 1.54) is 12.8 Å². The highest BCUT2D eigenvalue weighted by Crippen LogP contribution is 2.15. The highest BCUT2D eigenvalue weighted by atomic mass is 16.3. The number of nitrogens with one attached hydrogen (secondary N) is 2. The SMILES string of the molecule is Cc1ncoc1C(=O)NC(C)C1CCCNC1. The molecule has 0 aliphatic carbocycles. The Labute approximate surface area is 101 Å². The van der Waals surface area contributed by atoms with Crippen molar-refractivity contribution in [3.63, 3.8) is 0 Å². The summed E-state index contributed by atoms with van der Waals surface area (Å²) in [6.07, 6.45) is 3.63. The second kappa shape index (κ2) is 5.31. The molecule has 1 saturated heterocycles. The number of aromatic nitrogens is 1. The average molecular weight is 237 g/mol. The zero-order valence-corrected chi connectivity index (χ0v) is 10.3. The van der Waals surface area contributed by atoms with Crippen LogP contribution >= 0.6 is 0 Å². The summed E-state index contributed by atoms with van der Waals surface area (Å²) in [7, 11) is 0. The molecule has 2 atom stereocenters. The van der Waals surface area contributed by atoms with Gasteiger partial charge < -0.3 is 15.1 Å². The summed E-state index contributed by atoms with van der Waals surface area (Å²) in [6.45, 7) is 5.86. The van der Waals surface area contributed by atoms with Crippen LogP contribution in [-0.4, -0.2) is 30.0 Å². The maximum Gasteiger partial charge on any atom is 0.289 e. The van der Waals surface area contributed by atoms with Crippen molar-refractivity contribution in [1.82, 2.24) is 15.6 Å². The smallest absolute Gasteiger partial charge is 0.289 e. The molecule has 1 aromatic rings. The third-order valence-electron chi connectivity index (χ3n) is 3.35. The van der Waals surface area contributed by atoms with Crippen molar-refractivity contribution in [2.24, 2.45) is 5.92 Å². The summed E-state index contributed by atoms with van der Waals surface area (Å²) in [5, 5.41) is 6.33. The van der Waals surface area contributed by atoms with Gasteiger partial charge in [-0.2, -0.15) is 0 Å². The van der Waals surface area contributed by atoms with Crippen molar-refractivity contribution < 1.29 is 9.21 Å². The summed E-state index contributed by atoms with van der Waals surface area (Å²) in [5.41, 5.74) is 0.636. The molecule has 2 rings (SSSR count). The van der Waals surface area contributed by atoms with Crippen molar-refractivity contribution in [3.05, 3.63) is 17.8 Å². The lowest BCUT2D eigenvalue weighted by molar-refractivity contribution is 0.0893. The molecular weight excluding hydrogens is 218 g/mol. The predicted molar refractivity (Wildman–Crippen MR) is 63.8 cm³/mol. The molecule has 2 N–H and O–H groups in total. The van der Waals surface area contributed by atoms with E-state index in [2.05, 4.69) is 15.6 Å². The molecule has 5 heteroatoms. The van der Waals surface area contributed by atoms with Crippen LogP contribution in [0.1, 0.15) is 36.0 Å². The van der Waals surface area contributed by atoms with E-state index in [0.717, 1.165) is 19.5 Å². The summed E-state index contributed by atoms with van der Waals surface area (Å²) in [5.74, 6) is 0.648. The second-order valence-corrected chi connectivity index (χ2v) is 4.64. The van der Waals surface area contributed by atoms with E-state index >= 15 is 0 Å². The maximum absolute atomic E-state index is 11.9. The molecule has 0 spiro atoms. The lowest BCUT2D eigenvalue weighted by Crippen LogP contribution is -2.44. The van der Waals surface area contributed by atoms with Gasteiger partial charge in [-0.1, -0.05) is 0 Å². The van der Waals surface area contributed by atoms with Crippen LogP contribution in [0.25, 0.3) is 0 Å². The van der Waals surface area contributed by atoms with Gasteiger partial charge in [0.05, 0.1) is 5.69 Å². The van der Waals surface area contributed by atoms with Gasteiger partial charge in [-0.05, 0) is 45.7 Å². The number of aryl methyl sites for hydroxylation is 1. The van der Waals surface area contributed by atoms with Gasteiger partial charge in [0.1, 0.15) is 0 Å². The minimum Gasteiger partial charge on any atom is -0.438 e. The van der Waals surface area contributed by atoms with Gasteiger partial charge in [0, 0.05) is 6.04 Å². The molecule has 1 aliphatic heterocycles. The minimum absolute atomic E-state index is 0.153. The van der Waals surface area contributed by atoms with Gasteiger partial charge in [0.15, 0.2) is 6.39 Å². The van der Waals surface area contributed by atoms with Crippen molar-refractivity contribution in [1.29, 1.82) is 0 Å². The normalized spacial score (nSPS) is 22.1. The largest absolute Gasteiger partial charge is 0.438 e. The first-order valence-electron chi connectivity index (χ1n) is 6.10. The third-order valence-corrected chi connectivity index (χ3v) is 3.35. The fourth-order valence-corrected chi connectivity index (χ4v) is 2.22. The molecule has 1 aromatic heterocycles. The fraction of sp³-hybridized carbons (Fsp3) is 0.667. The first kappa shape index (κ1) is 12.1. The number of hydrogen-bond acceptors (Lipinski definition) is 4. The highest BCUT2D eigenvalue weighted by Gasteiger charge is 2.23. The van der Waals surface area contributed by atoms with Crippen LogP contribution in [-0.2, 0) is 0 Å². The van der Waals surface area contributed by atoms with Crippen LogP contribution in [0.5, 0.6) is 0 Å². The van der Waals surface area contributed by atoms with Crippen molar-refractivity contribution in [2.45, 2.75) is 32.7 Å². The minimum atomic E-state index is -0.168. The van der Waals surface area contributed by atoms with E-state index in [-0.39, 0.29) is 11.9 Å². The fourth-order valence-electron chi connectivity index (χ4n) is 2.22. The first-order valence-corrected chi connectivity index (χ1v) is 6.10. The van der Waals surface area contributed by atoms with Gasteiger partial charge in [-0.15, -0.1) is 0 Å². The van der Waals surface area contributed by atoms with Crippen molar-refractivity contribution in [3.8, 4) is 0 Å². The standard InChI is InChI=1S/C12H19N3O2/c1-8(10-4-3-5-13-6-10)15-12(16)11-9(2)14-7-17-11/h7-8,10,13H,3-6H2,1-2H3,(H,15,16). The molecule has 1 fully saturated rings. The molecule has 94 valence electrons. The number of oxazole rings is 1. The van der Waals surface area contributed by atoms with E-state index in [1.807, 2.05) is 6.92 Å². The van der Waals surface area contributed by atoms with E-state index in [4.69, 9.17) is 4.42 Å². The molecule has 1 amide bonds. The summed E-state index contributed by atoms with van der Waals surface area (Å²) < 4.78 is 5.08. The van der Waals surface area contributed by atoms with Gasteiger partial charge in [0.25, 0.3) is 5.91 Å². The molecule has 5 nitrogen and oxygen atoms in total. The quantitative estimate of drug-likeness (QED) is 0.826. The molecule has 0 aromatic carbocycles. The van der Waals surface area contributed by atoms with Crippen LogP contribution in [0.4, 0.5) is 0 Å². The Bertz CT molecular complexity index is 383. The van der Waals surface area contributed by atoms with E-state index < -0.39 is 0 Å². The first-order chi connectivity index (χ1) is 8.18. The number of amides is 1. The summed E-state index contributed by atoms with van der Waals surface area (Å²) >= 11 is 0. The van der Waals surface area contributed by atoms with E-state index in [0.29, 0.717) is 17.4 Å². The molecular formula is C12H19N3O2. The lowest BCUT2D eigenvalue weighted by Gasteiger charge is -2.28. The summed E-state index contributed by atoms with van der Waals surface area (Å²) in [4.78, 5) is 15.8. The Kier molecular flexibility index (Phi) is 3.78. The molecule has 0 saturated carbocycles. The Morgan fingerprint density at radius 1 is 1.71 bits per heavy atom. The van der Waals surface area contributed by atoms with Crippen LogP contribution in [0.3, 0.4) is 0 Å². The zero-order valence-electron chi connectivity index (χ0n) is 10.3. The van der Waals surface area contributed by atoms with Crippen LogP contribution in [0, 0.1) is 12.8 Å². The molecule has 2 unspecified atom stereocenters. The monoisotopic (exact) mass is 237 g/mol. The molecule has 1 aliphatic rings. The van der Waals surface area contributed by atoms with Crippen LogP contribution in [0.2, 0.25) is 0 Å². The maximum atomic E-state index is 11.9. The van der Waals surface area contributed by atoms with Crippen LogP contribution in [0.15, 0.2) is 10.8 Å². The number of nitrogens with zero attached hydrogens (tertiary/aromatic N) is 1. The molecule has 0 bridgehead atoms. The number of carbonyl (C=O) groups is 1. The van der Waals surface area contributed by atoms with E-state index in [9.17, 15) is 4.79 Å². The van der Waals surface area contributed by atoms with Crippen molar-refractivity contribution >= 4 is 5.91 Å². The number of rotatable bonds is 3. The number of carbonyl (C=O) groups excluding carboxylic acids is 1. The highest BCUT2D eigenvalue weighted by molar-refractivity contribution is 5.92. The van der Waals surface area contributed by atoms with Gasteiger partial charge in [-0.25, -0.2) is 4.98 Å². The van der Waals surface area contributed by atoms with Gasteiger partial charge in [0.2, 0.25) is 5.76 Å². The Morgan fingerprint density at radius 3 is 3.12 bits per heavy atom. The van der Waals surface area contributed by atoms with Gasteiger partial charge >= 0.3 is 0 Å². The third kappa shape index (κ3) is 2.85. The Balaban J connectivity index is 1.92. The predicted octanol–water partition coefficient (Wildman–Crippen LogP) is 1.10. The van der Waals surface area contributed by atoms with Crippen molar-refractivity contribution in [2.75, 3.05) is 13.1 Å². The summed E-state index contributed by atoms with van der Waals surface area (Å²) in [6, 6.07) is 0.153.